The molecule has 0 bridgehead atoms. The van der Waals surface area contributed by atoms with E-state index in [0.717, 1.165) is 42.0 Å². The first-order chi connectivity index (χ1) is 17.4. The lowest BCUT2D eigenvalue weighted by atomic mass is 9.94. The van der Waals surface area contributed by atoms with Gasteiger partial charge in [0, 0.05) is 36.0 Å². The number of hydrogen-bond donors (Lipinski definition) is 0. The molecule has 0 atom stereocenters. The van der Waals surface area contributed by atoms with Gasteiger partial charge in [-0.2, -0.15) is 0 Å². The molecule has 1 aromatic carbocycles. The summed E-state index contributed by atoms with van der Waals surface area (Å²) < 4.78 is 7.51. The van der Waals surface area contributed by atoms with Crippen LogP contribution in [0.1, 0.15) is 67.8 Å². The molecule has 0 N–H and O–H groups in total. The Balaban J connectivity index is 1.55. The summed E-state index contributed by atoms with van der Waals surface area (Å²) in [6, 6.07) is 15.5. The van der Waals surface area contributed by atoms with Crippen LogP contribution in [-0.2, 0) is 17.9 Å². The van der Waals surface area contributed by atoms with E-state index in [9.17, 15) is 9.59 Å². The predicted molar refractivity (Wildman–Crippen MR) is 142 cm³/mol. The zero-order valence-electron chi connectivity index (χ0n) is 21.2. The summed E-state index contributed by atoms with van der Waals surface area (Å²) in [6.45, 7) is 5.78. The number of nitrogens with zero attached hydrogens (tertiary/aromatic N) is 3. The molecule has 4 rings (SSSR count). The zero-order valence-corrected chi connectivity index (χ0v) is 22.0. The number of halogens is 1. The maximum absolute atomic E-state index is 13.8. The van der Waals surface area contributed by atoms with Crippen molar-refractivity contribution in [3.05, 3.63) is 83.0 Å². The lowest BCUT2D eigenvalue weighted by Crippen LogP contribution is -2.48. The van der Waals surface area contributed by atoms with Gasteiger partial charge in [-0.3, -0.25) is 9.59 Å². The molecule has 0 saturated heterocycles. The van der Waals surface area contributed by atoms with Crippen molar-refractivity contribution in [2.75, 3.05) is 13.1 Å². The summed E-state index contributed by atoms with van der Waals surface area (Å²) in [4.78, 5) is 30.6. The lowest BCUT2D eigenvalue weighted by molar-refractivity contribution is -0.135. The molecule has 6 nitrogen and oxygen atoms in total. The number of carbonyl (C=O) groups excluding carboxylic acids is 2. The van der Waals surface area contributed by atoms with Gasteiger partial charge in [-0.1, -0.05) is 62.9 Å². The molecule has 7 heteroatoms. The van der Waals surface area contributed by atoms with Crippen LogP contribution in [-0.4, -0.2) is 45.3 Å². The highest BCUT2D eigenvalue weighted by Crippen LogP contribution is 2.26. The van der Waals surface area contributed by atoms with Gasteiger partial charge < -0.3 is 18.8 Å². The van der Waals surface area contributed by atoms with E-state index in [1.54, 1.807) is 17.0 Å². The Morgan fingerprint density at radius 2 is 1.83 bits per heavy atom. The first-order valence-electron chi connectivity index (χ1n) is 12.9. The van der Waals surface area contributed by atoms with Crippen molar-refractivity contribution < 1.29 is 14.0 Å². The Morgan fingerprint density at radius 1 is 1.06 bits per heavy atom. The maximum atomic E-state index is 13.8. The standard InChI is InChI=1S/C29H36ClN3O3/c1-22(2)18-32(29(35)27-15-9-17-36-27)21-28(34)33(24-11-4-3-5-12-24)20-25-13-8-16-31(25)19-23-10-6-7-14-26(23)30/h6-10,13-17,22,24H,3-5,11-12,18-21H2,1-2H3. The van der Waals surface area contributed by atoms with Gasteiger partial charge in [-0.15, -0.1) is 0 Å². The molecule has 2 amide bonds. The van der Waals surface area contributed by atoms with Gasteiger partial charge in [-0.25, -0.2) is 0 Å². The van der Waals surface area contributed by atoms with Crippen molar-refractivity contribution >= 4 is 23.4 Å². The normalized spacial score (nSPS) is 14.2. The van der Waals surface area contributed by atoms with Gasteiger partial charge in [-0.05, 0) is 54.7 Å². The second kappa shape index (κ2) is 12.3. The quantitative estimate of drug-likeness (QED) is 0.325. The molecule has 1 aliphatic carbocycles. The molecule has 2 aromatic heterocycles. The molecular formula is C29H36ClN3O3. The lowest BCUT2D eigenvalue weighted by Gasteiger charge is -2.36. The van der Waals surface area contributed by atoms with Crippen molar-refractivity contribution in [1.29, 1.82) is 0 Å². The highest BCUT2D eigenvalue weighted by atomic mass is 35.5. The van der Waals surface area contributed by atoms with E-state index in [1.165, 1.54) is 12.7 Å². The van der Waals surface area contributed by atoms with Gasteiger partial charge in [0.1, 0.15) is 6.54 Å². The third-order valence-electron chi connectivity index (χ3n) is 6.82. The molecule has 0 unspecified atom stereocenters. The minimum atomic E-state index is -0.243. The molecule has 192 valence electrons. The minimum Gasteiger partial charge on any atom is -0.459 e. The second-order valence-electron chi connectivity index (χ2n) is 10.1. The van der Waals surface area contributed by atoms with E-state index in [2.05, 4.69) is 10.6 Å². The smallest absolute Gasteiger partial charge is 0.290 e. The highest BCUT2D eigenvalue weighted by Gasteiger charge is 2.30. The number of hydrogen-bond acceptors (Lipinski definition) is 3. The summed E-state index contributed by atoms with van der Waals surface area (Å²) in [6.07, 6.45) is 8.96. The third-order valence-corrected chi connectivity index (χ3v) is 7.19. The summed E-state index contributed by atoms with van der Waals surface area (Å²) in [5.74, 6) is 0.231. The van der Waals surface area contributed by atoms with Crippen LogP contribution in [0.25, 0.3) is 0 Å². The van der Waals surface area contributed by atoms with E-state index in [-0.39, 0.29) is 36.1 Å². The number of rotatable bonds is 10. The number of aromatic nitrogens is 1. The van der Waals surface area contributed by atoms with Crippen LogP contribution in [0.4, 0.5) is 0 Å². The zero-order chi connectivity index (χ0) is 25.5. The van der Waals surface area contributed by atoms with E-state index in [0.29, 0.717) is 19.6 Å². The van der Waals surface area contributed by atoms with Crippen molar-refractivity contribution in [2.45, 2.75) is 65.1 Å². The van der Waals surface area contributed by atoms with Crippen molar-refractivity contribution in [1.82, 2.24) is 14.4 Å². The molecule has 2 heterocycles. The molecule has 36 heavy (non-hydrogen) atoms. The fourth-order valence-corrected chi connectivity index (χ4v) is 5.21. The summed E-state index contributed by atoms with van der Waals surface area (Å²) >= 11 is 6.42. The van der Waals surface area contributed by atoms with Crippen LogP contribution >= 0.6 is 11.6 Å². The highest BCUT2D eigenvalue weighted by molar-refractivity contribution is 6.31. The fourth-order valence-electron chi connectivity index (χ4n) is 5.02. The average Bonchev–Trinajstić information content (AvgIpc) is 3.56. The van der Waals surface area contributed by atoms with E-state index in [4.69, 9.17) is 16.0 Å². The van der Waals surface area contributed by atoms with Crippen LogP contribution in [0.5, 0.6) is 0 Å². The largest absolute Gasteiger partial charge is 0.459 e. The van der Waals surface area contributed by atoms with Gasteiger partial charge >= 0.3 is 0 Å². The molecule has 1 fully saturated rings. The Labute approximate surface area is 218 Å². The van der Waals surface area contributed by atoms with Crippen LogP contribution in [0, 0.1) is 5.92 Å². The first-order valence-corrected chi connectivity index (χ1v) is 13.3. The fraction of sp³-hybridized carbons (Fsp3) is 0.448. The van der Waals surface area contributed by atoms with Crippen molar-refractivity contribution in [2.24, 2.45) is 5.92 Å². The monoisotopic (exact) mass is 509 g/mol. The molecule has 0 spiro atoms. The topological polar surface area (TPSA) is 58.7 Å². The Morgan fingerprint density at radius 3 is 2.53 bits per heavy atom. The number of carbonyl (C=O) groups is 2. The molecule has 3 aromatic rings. The van der Waals surface area contributed by atoms with E-state index >= 15 is 0 Å². The molecule has 1 aliphatic rings. The van der Waals surface area contributed by atoms with E-state index < -0.39 is 0 Å². The third kappa shape index (κ3) is 6.61. The van der Waals surface area contributed by atoms with Crippen LogP contribution in [0.15, 0.2) is 65.4 Å². The first kappa shape index (κ1) is 26.1. The number of benzene rings is 1. The second-order valence-corrected chi connectivity index (χ2v) is 10.5. The van der Waals surface area contributed by atoms with E-state index in [1.807, 2.05) is 55.3 Å². The van der Waals surface area contributed by atoms with Crippen LogP contribution in [0.2, 0.25) is 5.02 Å². The van der Waals surface area contributed by atoms with Crippen LogP contribution in [0.3, 0.4) is 0 Å². The maximum Gasteiger partial charge on any atom is 0.290 e. The van der Waals surface area contributed by atoms with Gasteiger partial charge in [0.15, 0.2) is 5.76 Å². The summed E-state index contributed by atoms with van der Waals surface area (Å²) in [7, 11) is 0. The Bertz CT molecular complexity index is 1130. The van der Waals surface area contributed by atoms with Crippen LogP contribution < -0.4 is 0 Å². The van der Waals surface area contributed by atoms with Gasteiger partial charge in [0.05, 0.1) is 12.8 Å². The minimum absolute atomic E-state index is 0.0204. The summed E-state index contributed by atoms with van der Waals surface area (Å²) in [5, 5.41) is 0.734. The van der Waals surface area contributed by atoms with Crippen molar-refractivity contribution in [3.63, 3.8) is 0 Å². The Kier molecular flexibility index (Phi) is 8.92. The number of amides is 2. The van der Waals surface area contributed by atoms with Crippen molar-refractivity contribution in [3.8, 4) is 0 Å². The Hall–Kier alpha value is -2.99. The van der Waals surface area contributed by atoms with Gasteiger partial charge in [0.25, 0.3) is 5.91 Å². The number of furan rings is 1. The molecule has 1 saturated carbocycles. The average molecular weight is 510 g/mol. The SMILES string of the molecule is CC(C)CN(CC(=O)N(Cc1cccn1Cc1ccccc1Cl)C1CCCCC1)C(=O)c1ccco1. The molecule has 0 aliphatic heterocycles. The molecule has 0 radical (unpaired) electrons. The van der Waals surface area contributed by atoms with Gasteiger partial charge in [0.2, 0.25) is 5.91 Å². The molecular weight excluding hydrogens is 474 g/mol. The summed E-state index contributed by atoms with van der Waals surface area (Å²) in [5.41, 5.74) is 2.10. The predicted octanol–water partition coefficient (Wildman–Crippen LogP) is 6.24.